The minimum atomic E-state index is -1.79. The molecule has 2 aliphatic rings. The lowest BCUT2D eigenvalue weighted by atomic mass is 9.97. The van der Waals surface area contributed by atoms with Gasteiger partial charge in [0.1, 0.15) is 48.8 Å². The maximum Gasteiger partial charge on any atom is 0.220 e. The Morgan fingerprint density at radius 2 is 1.19 bits per heavy atom. The van der Waals surface area contributed by atoms with Crippen molar-refractivity contribution in [2.45, 2.75) is 197 Å². The molecule has 2 fully saturated rings. The van der Waals surface area contributed by atoms with Crippen molar-refractivity contribution in [3.63, 3.8) is 0 Å². The Kier molecular flexibility index (Phi) is 29.0. The fraction of sp³-hybridized carbons (Fsp3) is 0.756. The lowest BCUT2D eigenvalue weighted by molar-refractivity contribution is -0.359. The zero-order valence-electron chi connectivity index (χ0n) is 35.5. The number of amides is 1. The van der Waals surface area contributed by atoms with E-state index in [0.29, 0.717) is 12.8 Å². The molecule has 12 atom stereocenters. The molecule has 0 aliphatic carbocycles. The minimum absolute atomic E-state index is 0.250. The molecule has 14 nitrogen and oxygen atoms in total. The van der Waals surface area contributed by atoms with E-state index >= 15 is 0 Å². The molecule has 340 valence electrons. The zero-order chi connectivity index (χ0) is 43.3. The number of unbranched alkanes of at least 4 members (excludes halogenated alkanes) is 10. The Hall–Kier alpha value is -2.31. The highest BCUT2D eigenvalue weighted by Gasteiger charge is 2.50. The Morgan fingerprint density at radius 1 is 0.627 bits per heavy atom. The van der Waals surface area contributed by atoms with E-state index < -0.39 is 86.8 Å². The molecule has 12 unspecified atom stereocenters. The van der Waals surface area contributed by atoms with Crippen molar-refractivity contribution < 1.29 is 64.6 Å². The number of aliphatic hydroxyl groups is 8. The molecule has 2 heterocycles. The quantitative estimate of drug-likeness (QED) is 0.0357. The van der Waals surface area contributed by atoms with E-state index in [1.54, 1.807) is 6.08 Å². The van der Waals surface area contributed by atoms with Crippen LogP contribution in [0.25, 0.3) is 0 Å². The molecule has 14 heteroatoms. The summed E-state index contributed by atoms with van der Waals surface area (Å²) in [6.07, 6.45) is 20.0. The predicted octanol–water partition coefficient (Wildman–Crippen LogP) is 3.93. The van der Waals surface area contributed by atoms with Gasteiger partial charge in [-0.15, -0.1) is 0 Å². The number of carbonyl (C=O) groups is 1. The molecule has 1 amide bonds. The van der Waals surface area contributed by atoms with Crippen LogP contribution in [-0.2, 0) is 23.7 Å². The first-order chi connectivity index (χ1) is 28.6. The summed E-state index contributed by atoms with van der Waals surface area (Å²) in [5.41, 5.74) is 0. The van der Waals surface area contributed by atoms with Crippen LogP contribution in [0.2, 0.25) is 0 Å². The molecule has 0 bridgehead atoms. The highest BCUT2D eigenvalue weighted by Crippen LogP contribution is 2.29. The molecular formula is C45H77NO13. The van der Waals surface area contributed by atoms with Crippen LogP contribution in [0.5, 0.6) is 0 Å². The second kappa shape index (κ2) is 32.4. The smallest absolute Gasteiger partial charge is 0.220 e. The molecule has 2 rings (SSSR count). The zero-order valence-corrected chi connectivity index (χ0v) is 35.5. The molecule has 0 aromatic carbocycles. The summed E-state index contributed by atoms with van der Waals surface area (Å²) in [4.78, 5) is 13.1. The van der Waals surface area contributed by atoms with Crippen LogP contribution in [0.3, 0.4) is 0 Å². The summed E-state index contributed by atoms with van der Waals surface area (Å²) >= 11 is 0. The molecule has 0 aromatic rings. The molecule has 0 saturated carbocycles. The maximum absolute atomic E-state index is 13.1. The average Bonchev–Trinajstić information content (AvgIpc) is 3.23. The van der Waals surface area contributed by atoms with E-state index in [1.807, 2.05) is 6.08 Å². The number of nitrogens with one attached hydrogen (secondary N) is 1. The van der Waals surface area contributed by atoms with Crippen molar-refractivity contribution in [1.82, 2.24) is 5.32 Å². The first-order valence-electron chi connectivity index (χ1n) is 22.0. The average molecular weight is 840 g/mol. The van der Waals surface area contributed by atoms with Gasteiger partial charge in [0.25, 0.3) is 0 Å². The van der Waals surface area contributed by atoms with Crippen LogP contribution in [0.15, 0.2) is 60.8 Å². The number of rotatable bonds is 31. The van der Waals surface area contributed by atoms with Gasteiger partial charge in [-0.25, -0.2) is 0 Å². The van der Waals surface area contributed by atoms with Gasteiger partial charge in [-0.1, -0.05) is 113 Å². The molecule has 9 N–H and O–H groups in total. The number of hydrogen-bond acceptors (Lipinski definition) is 13. The van der Waals surface area contributed by atoms with E-state index in [2.05, 4.69) is 67.8 Å². The van der Waals surface area contributed by atoms with Gasteiger partial charge in [0, 0.05) is 6.42 Å². The van der Waals surface area contributed by atoms with E-state index in [9.17, 15) is 45.6 Å². The second-order valence-corrected chi connectivity index (χ2v) is 15.4. The van der Waals surface area contributed by atoms with Gasteiger partial charge in [0.2, 0.25) is 5.91 Å². The van der Waals surface area contributed by atoms with Crippen molar-refractivity contribution >= 4 is 5.91 Å². The maximum atomic E-state index is 13.1. The number of hydrogen-bond donors (Lipinski definition) is 9. The molecule has 0 aromatic heterocycles. The molecule has 2 aliphatic heterocycles. The van der Waals surface area contributed by atoms with Gasteiger partial charge in [0.05, 0.1) is 32.0 Å². The predicted molar refractivity (Wildman–Crippen MR) is 226 cm³/mol. The largest absolute Gasteiger partial charge is 0.394 e. The normalized spacial score (nSPS) is 29.1. The summed E-state index contributed by atoms with van der Waals surface area (Å²) in [7, 11) is 0. The van der Waals surface area contributed by atoms with Crippen LogP contribution < -0.4 is 5.32 Å². The lowest BCUT2D eigenvalue weighted by Crippen LogP contribution is -2.65. The number of ether oxygens (including phenoxy) is 4. The highest BCUT2D eigenvalue weighted by atomic mass is 16.7. The van der Waals surface area contributed by atoms with Gasteiger partial charge in [-0.3, -0.25) is 4.79 Å². The third-order valence-electron chi connectivity index (χ3n) is 10.4. The van der Waals surface area contributed by atoms with Crippen molar-refractivity contribution in [2.75, 3.05) is 19.8 Å². The van der Waals surface area contributed by atoms with Crippen LogP contribution in [0.4, 0.5) is 0 Å². The lowest BCUT2D eigenvalue weighted by Gasteiger charge is -2.46. The minimum Gasteiger partial charge on any atom is -0.394 e. The summed E-state index contributed by atoms with van der Waals surface area (Å²) in [5, 5.41) is 86.3. The van der Waals surface area contributed by atoms with Crippen molar-refractivity contribution in [3.8, 4) is 0 Å². The fourth-order valence-corrected chi connectivity index (χ4v) is 6.79. The standard InChI is InChI=1S/C45H77NO13/c1-3-5-7-9-11-13-15-16-17-18-19-21-23-25-27-29-37(50)46-33(34(49)28-26-24-22-20-14-12-10-8-6-4-2)32-56-44-42(55)40(53)43(36(31-48)58-44)59-45-41(54)39(52)38(51)35(30-47)57-45/h5,7,11,13-14,16-17,20,26,28,33-36,38-45,47-49,51-55H,3-4,6,8-10,12,15,18-19,21-25,27,29-32H2,1-2H3,(H,46,50)/b7-5-,13-11-,17-16-,20-14+,28-26+. The Balaban J connectivity index is 1.92. The first kappa shape index (κ1) is 52.8. The Morgan fingerprint density at radius 3 is 1.86 bits per heavy atom. The SMILES string of the molecule is CC/C=C\C/C=C\C/C=C\CCCCCCCC(=O)NC(COC1OC(CO)C(OC2OC(CO)C(O)C(O)C2O)C(O)C1O)C(O)/C=C/CC/C=C/CCCCCC. The third kappa shape index (κ3) is 20.9. The fourth-order valence-electron chi connectivity index (χ4n) is 6.79. The molecule has 2 saturated heterocycles. The summed E-state index contributed by atoms with van der Waals surface area (Å²) < 4.78 is 22.5. The molecule has 0 spiro atoms. The van der Waals surface area contributed by atoms with Crippen LogP contribution in [-0.4, -0.2) is 140 Å². The topological polar surface area (TPSA) is 228 Å². The van der Waals surface area contributed by atoms with Crippen molar-refractivity contribution in [2.24, 2.45) is 0 Å². The van der Waals surface area contributed by atoms with Crippen LogP contribution in [0.1, 0.15) is 123 Å². The number of carbonyl (C=O) groups excluding carboxylic acids is 1. The summed E-state index contributed by atoms with van der Waals surface area (Å²) in [6.45, 7) is 2.55. The van der Waals surface area contributed by atoms with Gasteiger partial charge in [0.15, 0.2) is 12.6 Å². The highest BCUT2D eigenvalue weighted by molar-refractivity contribution is 5.76. The van der Waals surface area contributed by atoms with Crippen molar-refractivity contribution in [1.29, 1.82) is 0 Å². The van der Waals surface area contributed by atoms with Gasteiger partial charge < -0.3 is 65.1 Å². The Bertz CT molecular complexity index is 1220. The van der Waals surface area contributed by atoms with Gasteiger partial charge in [-0.2, -0.15) is 0 Å². The van der Waals surface area contributed by atoms with E-state index in [1.165, 1.54) is 19.3 Å². The summed E-state index contributed by atoms with van der Waals surface area (Å²) in [6, 6.07) is -0.939. The third-order valence-corrected chi connectivity index (χ3v) is 10.4. The monoisotopic (exact) mass is 840 g/mol. The van der Waals surface area contributed by atoms with Crippen LogP contribution >= 0.6 is 0 Å². The molecule has 0 radical (unpaired) electrons. The first-order valence-corrected chi connectivity index (χ1v) is 22.0. The second-order valence-electron chi connectivity index (χ2n) is 15.4. The van der Waals surface area contributed by atoms with E-state index in [-0.39, 0.29) is 18.9 Å². The van der Waals surface area contributed by atoms with Crippen molar-refractivity contribution in [3.05, 3.63) is 60.8 Å². The Labute approximate surface area is 352 Å². The van der Waals surface area contributed by atoms with Gasteiger partial charge >= 0.3 is 0 Å². The van der Waals surface area contributed by atoms with E-state index in [4.69, 9.17) is 18.9 Å². The summed E-state index contributed by atoms with van der Waals surface area (Å²) in [5.74, 6) is -0.274. The van der Waals surface area contributed by atoms with Gasteiger partial charge in [-0.05, 0) is 64.2 Å². The van der Waals surface area contributed by atoms with Crippen LogP contribution in [0, 0.1) is 0 Å². The molecular weight excluding hydrogens is 762 g/mol. The number of allylic oxidation sites excluding steroid dienone is 9. The number of aliphatic hydroxyl groups excluding tert-OH is 8. The van der Waals surface area contributed by atoms with E-state index in [0.717, 1.165) is 70.6 Å². The molecule has 59 heavy (non-hydrogen) atoms.